The number of hydrogen-bond donors (Lipinski definition) is 1. The van der Waals surface area contributed by atoms with Gasteiger partial charge < -0.3 is 24.6 Å². The number of piperidine rings is 1. The molecule has 1 heterocycles. The summed E-state index contributed by atoms with van der Waals surface area (Å²) in [5.74, 6) is 1.01. The predicted octanol–water partition coefficient (Wildman–Crippen LogP) is 2.73. The Labute approximate surface area is 170 Å². The summed E-state index contributed by atoms with van der Waals surface area (Å²) in [6.45, 7) is 8.18. The van der Waals surface area contributed by atoms with Crippen molar-refractivity contribution >= 4 is 5.96 Å². The summed E-state index contributed by atoms with van der Waals surface area (Å²) >= 11 is 0. The molecule has 1 N–H and O–H groups in total. The first-order valence-corrected chi connectivity index (χ1v) is 10.5. The fourth-order valence-corrected chi connectivity index (χ4v) is 3.48. The number of benzene rings is 1. The van der Waals surface area contributed by atoms with Crippen LogP contribution in [0.4, 0.5) is 0 Å². The zero-order chi connectivity index (χ0) is 20.2. The van der Waals surface area contributed by atoms with Crippen molar-refractivity contribution in [2.24, 2.45) is 4.99 Å². The first kappa shape index (κ1) is 22.7. The van der Waals surface area contributed by atoms with E-state index in [9.17, 15) is 0 Å². The van der Waals surface area contributed by atoms with E-state index in [1.807, 2.05) is 0 Å². The molecule has 6 heteroatoms. The van der Waals surface area contributed by atoms with Crippen LogP contribution in [0, 0.1) is 0 Å². The standard InChI is InChI=1S/C22H38N4O2/c1-5-23-22(24-17-19-9-6-7-10-20(19)18-25(2)3)26-13-11-21(12-14-26)28-16-8-15-27-4/h6-7,9-10,21H,5,8,11-18H2,1-4H3,(H,23,24). The number of aliphatic imine (C=N–C) groups is 1. The van der Waals surface area contributed by atoms with Gasteiger partial charge in [0.2, 0.25) is 0 Å². The number of nitrogens with zero attached hydrogens (tertiary/aromatic N) is 3. The second kappa shape index (κ2) is 12.8. The lowest BCUT2D eigenvalue weighted by molar-refractivity contribution is 0.00990. The fourth-order valence-electron chi connectivity index (χ4n) is 3.48. The van der Waals surface area contributed by atoms with E-state index < -0.39 is 0 Å². The number of methoxy groups -OCH3 is 1. The largest absolute Gasteiger partial charge is 0.385 e. The van der Waals surface area contributed by atoms with Crippen LogP contribution in [0.1, 0.15) is 37.3 Å². The molecule has 0 aromatic heterocycles. The lowest BCUT2D eigenvalue weighted by Gasteiger charge is -2.34. The van der Waals surface area contributed by atoms with E-state index in [1.165, 1.54) is 11.1 Å². The average Bonchev–Trinajstić information content (AvgIpc) is 2.70. The highest BCUT2D eigenvalue weighted by molar-refractivity contribution is 5.80. The summed E-state index contributed by atoms with van der Waals surface area (Å²) < 4.78 is 11.1. The number of nitrogens with one attached hydrogen (secondary N) is 1. The molecule has 0 bridgehead atoms. The maximum atomic E-state index is 5.98. The topological polar surface area (TPSA) is 49.3 Å². The quantitative estimate of drug-likeness (QED) is 0.378. The minimum absolute atomic E-state index is 0.358. The van der Waals surface area contributed by atoms with Crippen LogP contribution in [0.25, 0.3) is 0 Å². The van der Waals surface area contributed by atoms with E-state index in [0.29, 0.717) is 12.6 Å². The molecule has 0 spiro atoms. The van der Waals surface area contributed by atoms with Crippen LogP contribution in [-0.4, -0.2) is 75.9 Å². The zero-order valence-corrected chi connectivity index (χ0v) is 18.1. The van der Waals surface area contributed by atoms with Crippen molar-refractivity contribution in [3.63, 3.8) is 0 Å². The molecule has 158 valence electrons. The van der Waals surface area contributed by atoms with Crippen molar-refractivity contribution in [1.82, 2.24) is 15.1 Å². The van der Waals surface area contributed by atoms with Gasteiger partial charge in [0.05, 0.1) is 12.6 Å². The molecule has 1 saturated heterocycles. The Morgan fingerprint density at radius 2 is 1.89 bits per heavy atom. The molecular formula is C22H38N4O2. The maximum Gasteiger partial charge on any atom is 0.194 e. The van der Waals surface area contributed by atoms with Crippen LogP contribution >= 0.6 is 0 Å². The van der Waals surface area contributed by atoms with Crippen molar-refractivity contribution < 1.29 is 9.47 Å². The van der Waals surface area contributed by atoms with E-state index in [-0.39, 0.29) is 0 Å². The van der Waals surface area contributed by atoms with E-state index in [1.54, 1.807) is 7.11 Å². The summed E-state index contributed by atoms with van der Waals surface area (Å²) in [5.41, 5.74) is 2.64. The van der Waals surface area contributed by atoms with Crippen LogP contribution in [0.5, 0.6) is 0 Å². The second-order valence-corrected chi connectivity index (χ2v) is 7.58. The maximum absolute atomic E-state index is 5.98. The van der Waals surface area contributed by atoms with E-state index in [0.717, 1.165) is 64.6 Å². The van der Waals surface area contributed by atoms with Crippen LogP contribution in [-0.2, 0) is 22.6 Å². The summed E-state index contributed by atoms with van der Waals surface area (Å²) in [6, 6.07) is 8.59. The molecule has 1 fully saturated rings. The van der Waals surface area contributed by atoms with Gasteiger partial charge in [0.1, 0.15) is 0 Å². The molecule has 1 aliphatic rings. The highest BCUT2D eigenvalue weighted by Crippen LogP contribution is 2.16. The highest BCUT2D eigenvalue weighted by Gasteiger charge is 2.21. The predicted molar refractivity (Wildman–Crippen MR) is 116 cm³/mol. The zero-order valence-electron chi connectivity index (χ0n) is 18.1. The Morgan fingerprint density at radius 3 is 2.54 bits per heavy atom. The number of hydrogen-bond acceptors (Lipinski definition) is 4. The molecule has 0 radical (unpaired) electrons. The van der Waals surface area contributed by atoms with Gasteiger partial charge in [-0.25, -0.2) is 4.99 Å². The number of ether oxygens (including phenoxy) is 2. The second-order valence-electron chi connectivity index (χ2n) is 7.58. The third kappa shape index (κ3) is 7.78. The molecule has 0 saturated carbocycles. The fraction of sp³-hybridized carbons (Fsp3) is 0.682. The average molecular weight is 391 g/mol. The first-order chi connectivity index (χ1) is 13.6. The number of likely N-dealkylation sites (tertiary alicyclic amines) is 1. The molecule has 1 aromatic carbocycles. The van der Waals surface area contributed by atoms with Gasteiger partial charge in [-0.2, -0.15) is 0 Å². The Hall–Kier alpha value is -1.63. The van der Waals surface area contributed by atoms with Crippen molar-refractivity contribution in [1.29, 1.82) is 0 Å². The Bertz CT molecular complexity index is 584. The monoisotopic (exact) mass is 390 g/mol. The molecule has 2 rings (SSSR count). The van der Waals surface area contributed by atoms with Gasteiger partial charge >= 0.3 is 0 Å². The van der Waals surface area contributed by atoms with Crippen LogP contribution < -0.4 is 5.32 Å². The normalized spacial score (nSPS) is 16.0. The van der Waals surface area contributed by atoms with Gasteiger partial charge in [0.25, 0.3) is 0 Å². The smallest absolute Gasteiger partial charge is 0.194 e. The summed E-state index contributed by atoms with van der Waals surface area (Å²) in [7, 11) is 5.94. The highest BCUT2D eigenvalue weighted by atomic mass is 16.5. The molecule has 0 aliphatic carbocycles. The molecule has 0 amide bonds. The molecule has 28 heavy (non-hydrogen) atoms. The lowest BCUT2D eigenvalue weighted by atomic mass is 10.1. The molecule has 1 aromatic rings. The third-order valence-corrected chi connectivity index (χ3v) is 4.93. The van der Waals surface area contributed by atoms with Crippen LogP contribution in [0.15, 0.2) is 29.3 Å². The van der Waals surface area contributed by atoms with Gasteiger partial charge in [-0.05, 0) is 51.4 Å². The summed E-state index contributed by atoms with van der Waals surface area (Å²) in [4.78, 5) is 9.51. The van der Waals surface area contributed by atoms with Gasteiger partial charge in [-0.15, -0.1) is 0 Å². The van der Waals surface area contributed by atoms with Gasteiger partial charge in [-0.3, -0.25) is 0 Å². The Kier molecular flexibility index (Phi) is 10.3. The lowest BCUT2D eigenvalue weighted by Crippen LogP contribution is -2.47. The first-order valence-electron chi connectivity index (χ1n) is 10.5. The summed E-state index contributed by atoms with van der Waals surface area (Å²) in [6.07, 6.45) is 3.42. The minimum Gasteiger partial charge on any atom is -0.385 e. The number of rotatable bonds is 10. The van der Waals surface area contributed by atoms with Crippen molar-refractivity contribution in [2.75, 3.05) is 54.1 Å². The molecule has 0 atom stereocenters. The van der Waals surface area contributed by atoms with Gasteiger partial charge in [-0.1, -0.05) is 24.3 Å². The molecule has 0 unspecified atom stereocenters. The van der Waals surface area contributed by atoms with Crippen molar-refractivity contribution in [2.45, 2.75) is 45.4 Å². The van der Waals surface area contributed by atoms with Crippen molar-refractivity contribution in [3.05, 3.63) is 35.4 Å². The Morgan fingerprint density at radius 1 is 1.18 bits per heavy atom. The minimum atomic E-state index is 0.358. The van der Waals surface area contributed by atoms with E-state index in [4.69, 9.17) is 14.5 Å². The van der Waals surface area contributed by atoms with E-state index >= 15 is 0 Å². The SMILES string of the molecule is CCNC(=NCc1ccccc1CN(C)C)N1CCC(OCCCOC)CC1. The van der Waals surface area contributed by atoms with Gasteiger partial charge in [0.15, 0.2) is 5.96 Å². The molecule has 1 aliphatic heterocycles. The van der Waals surface area contributed by atoms with Crippen LogP contribution in [0.3, 0.4) is 0 Å². The molecular weight excluding hydrogens is 352 g/mol. The van der Waals surface area contributed by atoms with Crippen LogP contribution in [0.2, 0.25) is 0 Å². The Balaban J connectivity index is 1.91. The number of guanidine groups is 1. The third-order valence-electron chi connectivity index (χ3n) is 4.93. The molecule has 6 nitrogen and oxygen atoms in total. The van der Waals surface area contributed by atoms with Gasteiger partial charge in [0, 0.05) is 46.5 Å². The van der Waals surface area contributed by atoms with E-state index in [2.05, 4.69) is 60.4 Å². The van der Waals surface area contributed by atoms with Crippen molar-refractivity contribution in [3.8, 4) is 0 Å². The summed E-state index contributed by atoms with van der Waals surface area (Å²) in [5, 5.41) is 3.47.